The van der Waals surface area contributed by atoms with Crippen LogP contribution >= 0.6 is 0 Å². The minimum absolute atomic E-state index is 0.0196. The number of hydrogen-bond acceptors (Lipinski definition) is 5. The molecule has 7 heteroatoms. The lowest BCUT2D eigenvalue weighted by atomic mass is 10.3. The van der Waals surface area contributed by atoms with Crippen molar-refractivity contribution in [2.45, 2.75) is 12.0 Å². The van der Waals surface area contributed by atoms with Gasteiger partial charge in [0.2, 0.25) is 0 Å². The summed E-state index contributed by atoms with van der Waals surface area (Å²) in [5.41, 5.74) is 0.666. The van der Waals surface area contributed by atoms with Crippen LogP contribution in [0.2, 0.25) is 0 Å². The van der Waals surface area contributed by atoms with E-state index < -0.39 is 15.3 Å². The van der Waals surface area contributed by atoms with E-state index in [0.717, 1.165) is 6.26 Å². The highest BCUT2D eigenvalue weighted by atomic mass is 32.3. The Morgan fingerprint density at radius 1 is 1.38 bits per heavy atom. The van der Waals surface area contributed by atoms with Crippen LogP contribution in [0.25, 0.3) is 11.4 Å². The van der Waals surface area contributed by atoms with Gasteiger partial charge >= 0.3 is 10.2 Å². The number of aryl methyl sites for hydroxylation is 1. The van der Waals surface area contributed by atoms with Gasteiger partial charge in [0.15, 0.2) is 5.82 Å². The lowest BCUT2D eigenvalue weighted by Crippen LogP contribution is -1.96. The highest BCUT2D eigenvalue weighted by Gasteiger charge is 2.23. The molecule has 0 aromatic carbocycles. The first kappa shape index (κ1) is 10.7. The molecule has 5 nitrogen and oxygen atoms in total. The van der Waals surface area contributed by atoms with Crippen LogP contribution in [0.15, 0.2) is 34.1 Å². The van der Waals surface area contributed by atoms with E-state index in [4.69, 9.17) is 0 Å². The number of rotatable bonds is 2. The van der Waals surface area contributed by atoms with Crippen molar-refractivity contribution in [2.24, 2.45) is 0 Å². The van der Waals surface area contributed by atoms with Crippen LogP contribution in [0.3, 0.4) is 0 Å². The van der Waals surface area contributed by atoms with Gasteiger partial charge in [-0.25, -0.2) is 9.97 Å². The molecular formula is C9H7FN2O3S. The largest absolute Gasteiger partial charge is 0.450 e. The van der Waals surface area contributed by atoms with Crippen LogP contribution in [-0.2, 0) is 10.2 Å². The van der Waals surface area contributed by atoms with Crippen molar-refractivity contribution < 1.29 is 16.7 Å². The first-order valence-corrected chi connectivity index (χ1v) is 5.69. The third kappa shape index (κ3) is 1.94. The molecule has 84 valence electrons. The summed E-state index contributed by atoms with van der Waals surface area (Å²) < 4.78 is 38.9. The van der Waals surface area contributed by atoms with Crippen LogP contribution in [0.4, 0.5) is 3.89 Å². The Labute approximate surface area is 91.2 Å². The molecule has 2 aromatic rings. The van der Waals surface area contributed by atoms with Crippen LogP contribution in [0.5, 0.6) is 0 Å². The van der Waals surface area contributed by atoms with Crippen molar-refractivity contribution >= 4 is 10.2 Å². The summed E-state index contributed by atoms with van der Waals surface area (Å²) in [6, 6.07) is 2.95. The molecule has 0 aliphatic heterocycles. The van der Waals surface area contributed by atoms with E-state index >= 15 is 0 Å². The van der Waals surface area contributed by atoms with Gasteiger partial charge in [-0.2, -0.15) is 8.42 Å². The fourth-order valence-corrected chi connectivity index (χ4v) is 1.82. The van der Waals surface area contributed by atoms with Crippen molar-refractivity contribution in [1.29, 1.82) is 0 Å². The maximum Gasteiger partial charge on any atom is 0.366 e. The predicted octanol–water partition coefficient (Wildman–Crippen LogP) is 1.70. The Balaban J connectivity index is 2.62. The minimum Gasteiger partial charge on any atom is -0.450 e. The molecule has 2 rings (SSSR count). The molecule has 0 spiro atoms. The highest BCUT2D eigenvalue weighted by molar-refractivity contribution is 7.86. The van der Waals surface area contributed by atoms with E-state index in [1.165, 1.54) is 12.3 Å². The normalized spacial score (nSPS) is 11.6. The van der Waals surface area contributed by atoms with E-state index in [2.05, 4.69) is 14.4 Å². The summed E-state index contributed by atoms with van der Waals surface area (Å²) in [6.07, 6.45) is 2.53. The molecule has 0 bridgehead atoms. The molecule has 0 N–H and O–H groups in total. The summed E-state index contributed by atoms with van der Waals surface area (Å²) >= 11 is 0. The topological polar surface area (TPSA) is 73.1 Å². The Bertz CT molecular complexity index is 621. The zero-order valence-corrected chi connectivity index (χ0v) is 9.03. The maximum atomic E-state index is 12.8. The van der Waals surface area contributed by atoms with Crippen LogP contribution < -0.4 is 0 Å². The van der Waals surface area contributed by atoms with Gasteiger partial charge in [-0.3, -0.25) is 0 Å². The Morgan fingerprint density at radius 2 is 2.12 bits per heavy atom. The summed E-state index contributed by atoms with van der Waals surface area (Å²) in [6.45, 7) is 1.72. The maximum absolute atomic E-state index is 12.8. The number of hydrogen-bond donors (Lipinski definition) is 0. The zero-order valence-electron chi connectivity index (χ0n) is 8.21. The van der Waals surface area contributed by atoms with E-state index in [1.807, 2.05) is 0 Å². The van der Waals surface area contributed by atoms with Crippen LogP contribution in [0.1, 0.15) is 5.69 Å². The predicted molar refractivity (Wildman–Crippen MR) is 52.8 cm³/mol. The Morgan fingerprint density at radius 3 is 2.75 bits per heavy atom. The molecule has 0 radical (unpaired) electrons. The van der Waals surface area contributed by atoms with Crippen molar-refractivity contribution in [1.82, 2.24) is 9.97 Å². The van der Waals surface area contributed by atoms with Crippen molar-refractivity contribution in [3.05, 3.63) is 30.3 Å². The Hall–Kier alpha value is -1.76. The second-order valence-corrected chi connectivity index (χ2v) is 4.33. The van der Waals surface area contributed by atoms with E-state index in [0.29, 0.717) is 5.69 Å². The fourth-order valence-electron chi connectivity index (χ4n) is 1.23. The molecule has 16 heavy (non-hydrogen) atoms. The third-order valence-corrected chi connectivity index (χ3v) is 2.65. The first-order valence-electron chi connectivity index (χ1n) is 4.30. The standard InChI is InChI=1S/C9H7FN2O3S/c1-6-2-4-11-8(12-6)7-3-5-15-9(7)16(10,13)14/h2-5H,1H3. The van der Waals surface area contributed by atoms with E-state index in [9.17, 15) is 12.3 Å². The van der Waals surface area contributed by atoms with E-state index in [-0.39, 0.29) is 11.4 Å². The molecule has 0 fully saturated rings. The average Bonchev–Trinajstić information content (AvgIpc) is 2.65. The van der Waals surface area contributed by atoms with Gasteiger partial charge in [-0.05, 0) is 19.1 Å². The van der Waals surface area contributed by atoms with Gasteiger partial charge in [0.1, 0.15) is 0 Å². The van der Waals surface area contributed by atoms with Crippen molar-refractivity contribution in [3.63, 3.8) is 0 Å². The monoisotopic (exact) mass is 242 g/mol. The van der Waals surface area contributed by atoms with Gasteiger partial charge in [-0.15, -0.1) is 0 Å². The van der Waals surface area contributed by atoms with E-state index in [1.54, 1.807) is 13.0 Å². The molecule has 0 aliphatic carbocycles. The van der Waals surface area contributed by atoms with Gasteiger partial charge in [0, 0.05) is 11.9 Å². The number of nitrogens with zero attached hydrogens (tertiary/aromatic N) is 2. The lowest BCUT2D eigenvalue weighted by molar-refractivity contribution is 0.436. The number of furan rings is 1. The Kier molecular flexibility index (Phi) is 2.47. The van der Waals surface area contributed by atoms with Crippen molar-refractivity contribution in [2.75, 3.05) is 0 Å². The molecule has 0 unspecified atom stereocenters. The van der Waals surface area contributed by atoms with Crippen LogP contribution in [-0.4, -0.2) is 18.4 Å². The summed E-state index contributed by atoms with van der Waals surface area (Å²) in [7, 11) is -4.90. The fraction of sp³-hybridized carbons (Fsp3) is 0.111. The van der Waals surface area contributed by atoms with Crippen LogP contribution in [0, 0.1) is 6.92 Å². The van der Waals surface area contributed by atoms with Gasteiger partial charge in [0.05, 0.1) is 11.8 Å². The summed E-state index contributed by atoms with van der Waals surface area (Å²) in [5, 5.41) is -0.766. The molecule has 0 atom stereocenters. The molecule has 0 aliphatic rings. The van der Waals surface area contributed by atoms with Gasteiger partial charge in [0.25, 0.3) is 5.09 Å². The smallest absolute Gasteiger partial charge is 0.366 e. The number of aromatic nitrogens is 2. The third-order valence-electron chi connectivity index (χ3n) is 1.89. The molecule has 2 heterocycles. The number of halogens is 1. The molecular weight excluding hydrogens is 235 g/mol. The second-order valence-electron chi connectivity index (χ2n) is 3.08. The zero-order chi connectivity index (χ0) is 11.8. The van der Waals surface area contributed by atoms with Crippen molar-refractivity contribution in [3.8, 4) is 11.4 Å². The SMILES string of the molecule is Cc1ccnc(-c2ccoc2S(=O)(=O)F)n1. The van der Waals surface area contributed by atoms with Gasteiger partial charge < -0.3 is 4.42 Å². The van der Waals surface area contributed by atoms with Gasteiger partial charge in [-0.1, -0.05) is 3.89 Å². The average molecular weight is 242 g/mol. The molecule has 2 aromatic heterocycles. The molecule has 0 saturated heterocycles. The molecule has 0 amide bonds. The highest BCUT2D eigenvalue weighted by Crippen LogP contribution is 2.26. The lowest BCUT2D eigenvalue weighted by Gasteiger charge is -1.98. The quantitative estimate of drug-likeness (QED) is 0.749. The minimum atomic E-state index is -4.90. The second kappa shape index (κ2) is 3.67. The summed E-state index contributed by atoms with van der Waals surface area (Å²) in [4.78, 5) is 7.84. The summed E-state index contributed by atoms with van der Waals surface area (Å²) in [5.74, 6) is 0.116. The molecule has 0 saturated carbocycles. The first-order chi connectivity index (χ1) is 7.48.